The number of rotatable bonds is 4. The summed E-state index contributed by atoms with van der Waals surface area (Å²) in [6.45, 7) is 3.64. The topological polar surface area (TPSA) is 64.0 Å². The molecule has 1 unspecified atom stereocenters. The lowest BCUT2D eigenvalue weighted by Gasteiger charge is -2.15. The van der Waals surface area contributed by atoms with Gasteiger partial charge in [-0.25, -0.2) is 4.68 Å². The summed E-state index contributed by atoms with van der Waals surface area (Å²) in [5.74, 6) is -0.331. The summed E-state index contributed by atoms with van der Waals surface area (Å²) in [6, 6.07) is 16.9. The van der Waals surface area contributed by atoms with Crippen molar-refractivity contribution in [3.63, 3.8) is 0 Å². The first-order valence-corrected chi connectivity index (χ1v) is 8.55. The van der Waals surface area contributed by atoms with Crippen LogP contribution in [0.5, 0.6) is 0 Å². The average Bonchev–Trinajstić information content (AvgIpc) is 2.64. The Labute approximate surface area is 156 Å². The van der Waals surface area contributed by atoms with Gasteiger partial charge in [-0.15, -0.1) is 0 Å². The molecule has 132 valence electrons. The lowest BCUT2D eigenvalue weighted by molar-refractivity contribution is -0.119. The highest BCUT2D eigenvalue weighted by molar-refractivity contribution is 6.30. The molecule has 1 N–H and O–H groups in total. The van der Waals surface area contributed by atoms with E-state index in [9.17, 15) is 9.59 Å². The van der Waals surface area contributed by atoms with Crippen molar-refractivity contribution >= 4 is 23.2 Å². The van der Waals surface area contributed by atoms with Gasteiger partial charge >= 0.3 is 0 Å². The maximum Gasteiger partial charge on any atom is 0.267 e. The van der Waals surface area contributed by atoms with Gasteiger partial charge in [0.05, 0.1) is 5.69 Å². The van der Waals surface area contributed by atoms with Crippen molar-refractivity contribution < 1.29 is 4.79 Å². The normalized spacial score (nSPS) is 11.8. The molecule has 0 aliphatic carbocycles. The number of amides is 1. The van der Waals surface area contributed by atoms with Crippen LogP contribution in [0.3, 0.4) is 0 Å². The summed E-state index contributed by atoms with van der Waals surface area (Å²) in [5, 5.41) is 7.72. The summed E-state index contributed by atoms with van der Waals surface area (Å²) >= 11 is 5.84. The van der Waals surface area contributed by atoms with Crippen LogP contribution in [0.15, 0.2) is 65.5 Å². The van der Waals surface area contributed by atoms with E-state index in [-0.39, 0.29) is 11.5 Å². The van der Waals surface area contributed by atoms with Gasteiger partial charge in [0.15, 0.2) is 0 Å². The van der Waals surface area contributed by atoms with Gasteiger partial charge < -0.3 is 5.32 Å². The molecule has 1 heterocycles. The number of carbonyl (C=O) groups is 1. The zero-order valence-electron chi connectivity index (χ0n) is 14.4. The second kappa shape index (κ2) is 7.54. The molecule has 0 aliphatic heterocycles. The number of aromatic nitrogens is 2. The third kappa shape index (κ3) is 4.00. The number of nitrogens with zero attached hydrogens (tertiary/aromatic N) is 2. The third-order valence-corrected chi connectivity index (χ3v) is 4.28. The Bertz CT molecular complexity index is 979. The molecule has 5 nitrogen and oxygen atoms in total. The number of hydrogen-bond donors (Lipinski definition) is 1. The fraction of sp³-hybridized carbons (Fsp3) is 0.150. The second-order valence-electron chi connectivity index (χ2n) is 6.04. The molecule has 0 aliphatic rings. The van der Waals surface area contributed by atoms with Crippen LogP contribution in [0.25, 0.3) is 11.3 Å². The molecule has 0 radical (unpaired) electrons. The zero-order valence-corrected chi connectivity index (χ0v) is 15.2. The monoisotopic (exact) mass is 367 g/mol. The van der Waals surface area contributed by atoms with Gasteiger partial charge in [0.25, 0.3) is 5.56 Å². The quantitative estimate of drug-likeness (QED) is 0.755. The van der Waals surface area contributed by atoms with Crippen LogP contribution >= 0.6 is 11.6 Å². The molecule has 1 atom stereocenters. The Kier molecular flexibility index (Phi) is 5.19. The van der Waals surface area contributed by atoms with E-state index >= 15 is 0 Å². The maximum absolute atomic E-state index is 12.5. The predicted octanol–water partition coefficient (Wildman–Crippen LogP) is 4.07. The highest BCUT2D eigenvalue weighted by atomic mass is 35.5. The third-order valence-electron chi connectivity index (χ3n) is 4.03. The lowest BCUT2D eigenvalue weighted by Crippen LogP contribution is -2.33. The molecule has 3 rings (SSSR count). The summed E-state index contributed by atoms with van der Waals surface area (Å²) in [5.41, 5.74) is 2.93. The molecule has 3 aromatic rings. The number of anilines is 1. The van der Waals surface area contributed by atoms with Gasteiger partial charge in [-0.05, 0) is 44.2 Å². The Balaban J connectivity index is 1.86. The van der Waals surface area contributed by atoms with Crippen molar-refractivity contribution in [2.75, 3.05) is 5.32 Å². The number of benzene rings is 2. The smallest absolute Gasteiger partial charge is 0.267 e. The van der Waals surface area contributed by atoms with Crippen molar-refractivity contribution in [2.45, 2.75) is 19.9 Å². The highest BCUT2D eigenvalue weighted by Gasteiger charge is 2.18. The van der Waals surface area contributed by atoms with Crippen LogP contribution < -0.4 is 10.9 Å². The van der Waals surface area contributed by atoms with Gasteiger partial charge in [-0.2, -0.15) is 5.10 Å². The van der Waals surface area contributed by atoms with E-state index < -0.39 is 6.04 Å². The summed E-state index contributed by atoms with van der Waals surface area (Å²) in [7, 11) is 0. The molecule has 0 bridgehead atoms. The molecule has 0 spiro atoms. The SMILES string of the molecule is Cc1ccc(-c2ccc(=O)n(C(C)C(=O)Nc3ccc(Cl)cc3)n2)cc1. The van der Waals surface area contributed by atoms with Crippen LogP contribution in [0.4, 0.5) is 5.69 Å². The van der Waals surface area contributed by atoms with Crippen molar-refractivity contribution in [3.8, 4) is 11.3 Å². The highest BCUT2D eigenvalue weighted by Crippen LogP contribution is 2.18. The molecule has 0 fully saturated rings. The van der Waals surface area contributed by atoms with E-state index in [0.29, 0.717) is 16.4 Å². The number of aryl methyl sites for hydroxylation is 1. The molecule has 1 aromatic heterocycles. The molecular formula is C20H18ClN3O2. The van der Waals surface area contributed by atoms with Gasteiger partial charge in [0, 0.05) is 22.3 Å². The molecule has 0 saturated carbocycles. The number of hydrogen-bond acceptors (Lipinski definition) is 3. The Morgan fingerprint density at radius 2 is 1.69 bits per heavy atom. The number of nitrogens with one attached hydrogen (secondary N) is 1. The Hall–Kier alpha value is -2.92. The largest absolute Gasteiger partial charge is 0.324 e. The van der Waals surface area contributed by atoms with Gasteiger partial charge in [0.2, 0.25) is 5.91 Å². The minimum Gasteiger partial charge on any atom is -0.324 e. The van der Waals surface area contributed by atoms with Gasteiger partial charge in [-0.3, -0.25) is 9.59 Å². The standard InChI is InChI=1S/C20H18ClN3O2/c1-13-3-5-15(6-4-13)18-11-12-19(25)24(23-18)14(2)20(26)22-17-9-7-16(21)8-10-17/h3-12,14H,1-2H3,(H,22,26). The first-order valence-electron chi connectivity index (χ1n) is 8.17. The second-order valence-corrected chi connectivity index (χ2v) is 6.48. The first kappa shape index (κ1) is 17.9. The summed E-state index contributed by atoms with van der Waals surface area (Å²) < 4.78 is 1.19. The first-order chi connectivity index (χ1) is 12.4. The molecular weight excluding hydrogens is 350 g/mol. The fourth-order valence-electron chi connectivity index (χ4n) is 2.47. The van der Waals surface area contributed by atoms with Crippen LogP contribution in [-0.2, 0) is 4.79 Å². The summed E-state index contributed by atoms with van der Waals surface area (Å²) in [6.07, 6.45) is 0. The van der Waals surface area contributed by atoms with Crippen LogP contribution in [0.2, 0.25) is 5.02 Å². The fourth-order valence-corrected chi connectivity index (χ4v) is 2.60. The van der Waals surface area contributed by atoms with Crippen molar-refractivity contribution in [1.29, 1.82) is 0 Å². The molecule has 1 amide bonds. The molecule has 2 aromatic carbocycles. The van der Waals surface area contributed by atoms with E-state index in [1.165, 1.54) is 10.7 Å². The molecule has 6 heteroatoms. The van der Waals surface area contributed by atoms with E-state index in [1.807, 2.05) is 31.2 Å². The maximum atomic E-state index is 12.5. The van der Waals surface area contributed by atoms with Gasteiger partial charge in [-0.1, -0.05) is 41.4 Å². The number of halogens is 1. The van der Waals surface area contributed by atoms with Crippen LogP contribution in [-0.4, -0.2) is 15.7 Å². The summed E-state index contributed by atoms with van der Waals surface area (Å²) in [4.78, 5) is 24.7. The Morgan fingerprint density at radius 3 is 2.35 bits per heavy atom. The average molecular weight is 368 g/mol. The van der Waals surface area contributed by atoms with E-state index in [4.69, 9.17) is 11.6 Å². The molecule has 26 heavy (non-hydrogen) atoms. The lowest BCUT2D eigenvalue weighted by atomic mass is 10.1. The molecule has 0 saturated heterocycles. The van der Waals surface area contributed by atoms with Crippen molar-refractivity contribution in [2.24, 2.45) is 0 Å². The van der Waals surface area contributed by atoms with Crippen LogP contribution in [0, 0.1) is 6.92 Å². The van der Waals surface area contributed by atoms with Crippen molar-refractivity contribution in [1.82, 2.24) is 9.78 Å². The van der Waals surface area contributed by atoms with Crippen LogP contribution in [0.1, 0.15) is 18.5 Å². The minimum absolute atomic E-state index is 0.331. The van der Waals surface area contributed by atoms with E-state index in [1.54, 1.807) is 37.3 Å². The minimum atomic E-state index is -0.761. The van der Waals surface area contributed by atoms with E-state index in [2.05, 4.69) is 10.4 Å². The Morgan fingerprint density at radius 1 is 1.04 bits per heavy atom. The number of carbonyl (C=O) groups excluding carboxylic acids is 1. The zero-order chi connectivity index (χ0) is 18.7. The van der Waals surface area contributed by atoms with Crippen molar-refractivity contribution in [3.05, 3.63) is 81.6 Å². The van der Waals surface area contributed by atoms with Gasteiger partial charge in [0.1, 0.15) is 6.04 Å². The predicted molar refractivity (Wildman–Crippen MR) is 103 cm³/mol. The van der Waals surface area contributed by atoms with E-state index in [0.717, 1.165) is 11.1 Å².